The van der Waals surface area contributed by atoms with E-state index in [2.05, 4.69) is 0 Å². The molecule has 0 bridgehead atoms. The van der Waals surface area contributed by atoms with Gasteiger partial charge in [0.15, 0.2) is 5.78 Å². The molecule has 0 amide bonds. The van der Waals surface area contributed by atoms with E-state index in [-0.39, 0.29) is 5.78 Å². The number of thioether (sulfide) groups is 1. The van der Waals surface area contributed by atoms with Crippen molar-refractivity contribution >= 4 is 17.5 Å². The molecule has 2 aromatic carbocycles. The summed E-state index contributed by atoms with van der Waals surface area (Å²) in [6.07, 6.45) is 0. The first-order valence-electron chi connectivity index (χ1n) is 6.23. The number of ketones is 1. The Morgan fingerprint density at radius 3 is 2.37 bits per heavy atom. The van der Waals surface area contributed by atoms with Gasteiger partial charge in [-0.1, -0.05) is 18.2 Å². The van der Waals surface area contributed by atoms with Crippen molar-refractivity contribution in [1.82, 2.24) is 0 Å². The van der Waals surface area contributed by atoms with Crippen LogP contribution < -0.4 is 4.74 Å². The van der Waals surface area contributed by atoms with Gasteiger partial charge in [-0.05, 0) is 43.3 Å². The van der Waals surface area contributed by atoms with Crippen LogP contribution in [0.25, 0.3) is 0 Å². The zero-order valence-corrected chi connectivity index (χ0v) is 11.7. The Kier molecular flexibility index (Phi) is 5.04. The Labute approximate surface area is 117 Å². The molecule has 0 radical (unpaired) electrons. The third kappa shape index (κ3) is 4.14. The van der Waals surface area contributed by atoms with Crippen LogP contribution in [0.3, 0.4) is 0 Å². The quantitative estimate of drug-likeness (QED) is 0.586. The zero-order chi connectivity index (χ0) is 13.5. The predicted octanol–water partition coefficient (Wildman–Crippen LogP) is 4.06. The fraction of sp³-hybridized carbons (Fsp3) is 0.188. The summed E-state index contributed by atoms with van der Waals surface area (Å²) in [5.74, 6) is 1.39. The van der Waals surface area contributed by atoms with Gasteiger partial charge in [-0.2, -0.15) is 0 Å². The molecule has 98 valence electrons. The lowest BCUT2D eigenvalue weighted by Crippen LogP contribution is -2.02. The molecule has 0 saturated heterocycles. The number of hydrogen-bond acceptors (Lipinski definition) is 3. The van der Waals surface area contributed by atoms with Crippen LogP contribution in [0.4, 0.5) is 0 Å². The molecule has 0 aliphatic carbocycles. The second-order valence-corrected chi connectivity index (χ2v) is 5.03. The molecule has 2 aromatic rings. The van der Waals surface area contributed by atoms with E-state index in [9.17, 15) is 4.79 Å². The van der Waals surface area contributed by atoms with Crippen LogP contribution >= 0.6 is 11.8 Å². The van der Waals surface area contributed by atoms with Crippen molar-refractivity contribution in [3.63, 3.8) is 0 Å². The molecule has 0 saturated carbocycles. The molecule has 0 unspecified atom stereocenters. The Morgan fingerprint density at radius 2 is 1.74 bits per heavy atom. The number of benzene rings is 2. The first kappa shape index (κ1) is 13.7. The molecule has 0 N–H and O–H groups in total. The molecular weight excluding hydrogens is 256 g/mol. The average molecular weight is 272 g/mol. The molecular formula is C16H16O2S. The Morgan fingerprint density at radius 1 is 1.05 bits per heavy atom. The van der Waals surface area contributed by atoms with Gasteiger partial charge in [0.05, 0.1) is 12.4 Å². The number of carbonyl (C=O) groups excluding carboxylic acids is 1. The maximum atomic E-state index is 12.0. The van der Waals surface area contributed by atoms with E-state index >= 15 is 0 Å². The number of Topliss-reactive ketones (excluding diaryl/α,β-unsaturated/α-hetero) is 1. The van der Waals surface area contributed by atoms with E-state index in [0.29, 0.717) is 12.4 Å². The van der Waals surface area contributed by atoms with E-state index in [4.69, 9.17) is 4.74 Å². The minimum absolute atomic E-state index is 0.136. The maximum Gasteiger partial charge on any atom is 0.173 e. The van der Waals surface area contributed by atoms with Gasteiger partial charge in [0.25, 0.3) is 0 Å². The molecule has 0 aliphatic heterocycles. The summed E-state index contributed by atoms with van der Waals surface area (Å²) in [5, 5.41) is 0. The molecule has 3 heteroatoms. The van der Waals surface area contributed by atoms with Crippen molar-refractivity contribution in [2.24, 2.45) is 0 Å². The van der Waals surface area contributed by atoms with E-state index in [1.807, 2.05) is 61.5 Å². The first-order chi connectivity index (χ1) is 9.29. The molecule has 0 aromatic heterocycles. The van der Waals surface area contributed by atoms with Gasteiger partial charge in [0, 0.05) is 10.5 Å². The summed E-state index contributed by atoms with van der Waals surface area (Å²) < 4.78 is 5.35. The average Bonchev–Trinajstić information content (AvgIpc) is 2.47. The summed E-state index contributed by atoms with van der Waals surface area (Å²) in [6.45, 7) is 2.58. The van der Waals surface area contributed by atoms with Crippen LogP contribution in [0.1, 0.15) is 17.3 Å². The van der Waals surface area contributed by atoms with Crippen molar-refractivity contribution < 1.29 is 9.53 Å². The van der Waals surface area contributed by atoms with Crippen molar-refractivity contribution in [2.45, 2.75) is 11.8 Å². The maximum absolute atomic E-state index is 12.0. The van der Waals surface area contributed by atoms with Crippen LogP contribution in [0.5, 0.6) is 5.75 Å². The van der Waals surface area contributed by atoms with Crippen LogP contribution in [0, 0.1) is 0 Å². The summed E-state index contributed by atoms with van der Waals surface area (Å²) in [6, 6.07) is 17.3. The van der Waals surface area contributed by atoms with Gasteiger partial charge >= 0.3 is 0 Å². The Bertz CT molecular complexity index is 520. The van der Waals surface area contributed by atoms with E-state index in [1.165, 1.54) is 0 Å². The van der Waals surface area contributed by atoms with Crippen LogP contribution in [0.2, 0.25) is 0 Å². The number of carbonyl (C=O) groups is 1. The van der Waals surface area contributed by atoms with Gasteiger partial charge in [0.1, 0.15) is 5.75 Å². The second kappa shape index (κ2) is 7.00. The number of ether oxygens (including phenoxy) is 1. The summed E-state index contributed by atoms with van der Waals surface area (Å²) >= 11 is 1.56. The summed E-state index contributed by atoms with van der Waals surface area (Å²) in [5.41, 5.74) is 0.729. The van der Waals surface area contributed by atoms with Crippen molar-refractivity contribution in [2.75, 3.05) is 12.4 Å². The largest absolute Gasteiger partial charge is 0.494 e. The van der Waals surface area contributed by atoms with Crippen LogP contribution in [-0.4, -0.2) is 18.1 Å². The van der Waals surface area contributed by atoms with Crippen molar-refractivity contribution in [3.05, 3.63) is 60.2 Å². The monoisotopic (exact) mass is 272 g/mol. The smallest absolute Gasteiger partial charge is 0.173 e. The first-order valence-corrected chi connectivity index (χ1v) is 7.22. The topological polar surface area (TPSA) is 26.3 Å². The van der Waals surface area contributed by atoms with E-state index in [0.717, 1.165) is 16.2 Å². The highest BCUT2D eigenvalue weighted by molar-refractivity contribution is 8.00. The summed E-state index contributed by atoms with van der Waals surface area (Å²) in [4.78, 5) is 13.1. The minimum atomic E-state index is 0.136. The standard InChI is InChI=1S/C16H16O2S/c1-2-18-14-10-8-13(9-11-14)16(17)12-19-15-6-4-3-5-7-15/h3-11H,2,12H2,1H3. The zero-order valence-electron chi connectivity index (χ0n) is 10.8. The SMILES string of the molecule is CCOc1ccc(C(=O)CSc2ccccc2)cc1. The fourth-order valence-electron chi connectivity index (χ4n) is 1.65. The molecule has 0 spiro atoms. The fourth-order valence-corrected chi connectivity index (χ4v) is 2.47. The van der Waals surface area contributed by atoms with Crippen LogP contribution in [0.15, 0.2) is 59.5 Å². The molecule has 0 fully saturated rings. The van der Waals surface area contributed by atoms with E-state index in [1.54, 1.807) is 11.8 Å². The van der Waals surface area contributed by atoms with Gasteiger partial charge in [0.2, 0.25) is 0 Å². The van der Waals surface area contributed by atoms with Gasteiger partial charge in [-0.25, -0.2) is 0 Å². The van der Waals surface area contributed by atoms with Gasteiger partial charge in [-0.3, -0.25) is 4.79 Å². The van der Waals surface area contributed by atoms with Crippen molar-refractivity contribution in [3.8, 4) is 5.75 Å². The van der Waals surface area contributed by atoms with Crippen LogP contribution in [-0.2, 0) is 0 Å². The molecule has 19 heavy (non-hydrogen) atoms. The van der Waals surface area contributed by atoms with Crippen molar-refractivity contribution in [1.29, 1.82) is 0 Å². The normalized spacial score (nSPS) is 10.2. The highest BCUT2D eigenvalue weighted by Crippen LogP contribution is 2.19. The lowest BCUT2D eigenvalue weighted by molar-refractivity contribution is 0.102. The minimum Gasteiger partial charge on any atom is -0.494 e. The number of hydrogen-bond donors (Lipinski definition) is 0. The Hall–Kier alpha value is -1.74. The highest BCUT2D eigenvalue weighted by Gasteiger charge is 2.06. The molecule has 2 rings (SSSR count). The predicted molar refractivity (Wildman–Crippen MR) is 79.1 cm³/mol. The molecule has 0 atom stereocenters. The lowest BCUT2D eigenvalue weighted by atomic mass is 10.1. The second-order valence-electron chi connectivity index (χ2n) is 3.98. The third-order valence-electron chi connectivity index (χ3n) is 2.60. The summed E-state index contributed by atoms with van der Waals surface area (Å²) in [7, 11) is 0. The van der Waals surface area contributed by atoms with Gasteiger partial charge in [-0.15, -0.1) is 11.8 Å². The number of rotatable bonds is 6. The molecule has 0 heterocycles. The highest BCUT2D eigenvalue weighted by atomic mass is 32.2. The third-order valence-corrected chi connectivity index (χ3v) is 3.61. The molecule has 2 nitrogen and oxygen atoms in total. The van der Waals surface area contributed by atoms with E-state index < -0.39 is 0 Å². The molecule has 0 aliphatic rings. The lowest BCUT2D eigenvalue weighted by Gasteiger charge is -2.04. The van der Waals surface area contributed by atoms with Gasteiger partial charge < -0.3 is 4.74 Å². The Balaban J connectivity index is 1.92.